The fraction of sp³-hybridized carbons (Fsp3) is 0.529. The van der Waals surface area contributed by atoms with Crippen LogP contribution in [0.1, 0.15) is 38.5 Å². The van der Waals surface area contributed by atoms with E-state index in [9.17, 15) is 0 Å². The molecule has 0 atom stereocenters. The second-order valence-electron chi connectivity index (χ2n) is 6.55. The Labute approximate surface area is 130 Å². The average Bonchev–Trinajstić information content (AvgIpc) is 2.98. The van der Waals surface area contributed by atoms with E-state index in [-0.39, 0.29) is 0 Å². The molecule has 2 fully saturated rings. The Morgan fingerprint density at radius 1 is 0.905 bits per heavy atom. The third-order valence-electron chi connectivity index (χ3n) is 5.41. The lowest BCUT2D eigenvalue weighted by atomic mass is 9.77. The topological polar surface area (TPSA) is 29.0 Å². The number of benzene rings is 1. The molecule has 4 heteroatoms. The maximum Gasteiger partial charge on any atom is 0.159 e. The monoisotopic (exact) mass is 301 g/mol. The normalized spacial score (nSPS) is 21.3. The van der Waals surface area contributed by atoms with Crippen LogP contribution in [0.25, 0.3) is 10.8 Å². The first-order valence-corrected chi connectivity index (χ1v) is 8.31. The number of piperidine rings is 1. The summed E-state index contributed by atoms with van der Waals surface area (Å²) in [6.07, 6.45) is 8.28. The van der Waals surface area contributed by atoms with Gasteiger partial charge >= 0.3 is 0 Å². The van der Waals surface area contributed by atoms with Gasteiger partial charge in [0.05, 0.1) is 0 Å². The highest BCUT2D eigenvalue weighted by molar-refractivity contribution is 6.34. The summed E-state index contributed by atoms with van der Waals surface area (Å²) < 4.78 is 0. The van der Waals surface area contributed by atoms with Gasteiger partial charge in [0.1, 0.15) is 0 Å². The van der Waals surface area contributed by atoms with E-state index in [0.717, 1.165) is 29.7 Å². The van der Waals surface area contributed by atoms with Gasteiger partial charge < -0.3 is 4.90 Å². The Hall–Kier alpha value is -1.35. The van der Waals surface area contributed by atoms with E-state index in [2.05, 4.69) is 21.2 Å². The summed E-state index contributed by atoms with van der Waals surface area (Å²) in [7, 11) is 0. The molecule has 21 heavy (non-hydrogen) atoms. The second-order valence-corrected chi connectivity index (χ2v) is 6.91. The molecule has 2 aromatic rings. The first kappa shape index (κ1) is 13.3. The maximum absolute atomic E-state index is 6.17. The van der Waals surface area contributed by atoms with Crippen LogP contribution in [0.3, 0.4) is 0 Å². The molecule has 1 spiro atoms. The highest BCUT2D eigenvalue weighted by atomic mass is 35.5. The lowest BCUT2D eigenvalue weighted by Crippen LogP contribution is -2.39. The van der Waals surface area contributed by atoms with Crippen LogP contribution >= 0.6 is 11.6 Å². The minimum Gasteiger partial charge on any atom is -0.355 e. The number of hydrogen-bond acceptors (Lipinski definition) is 3. The molecule has 1 aliphatic heterocycles. The number of hydrogen-bond donors (Lipinski definition) is 0. The highest BCUT2D eigenvalue weighted by Crippen LogP contribution is 2.46. The van der Waals surface area contributed by atoms with Crippen molar-refractivity contribution in [1.29, 1.82) is 0 Å². The third-order valence-corrected chi connectivity index (χ3v) is 5.69. The minimum atomic E-state index is 0.499. The summed E-state index contributed by atoms with van der Waals surface area (Å²) in [5.41, 5.74) is 0.631. The van der Waals surface area contributed by atoms with Gasteiger partial charge in [-0.15, -0.1) is 10.2 Å². The number of rotatable bonds is 1. The molecule has 2 heterocycles. The first-order chi connectivity index (χ1) is 10.3. The number of aromatic nitrogens is 2. The van der Waals surface area contributed by atoms with Crippen molar-refractivity contribution in [3.63, 3.8) is 0 Å². The zero-order valence-corrected chi connectivity index (χ0v) is 12.9. The maximum atomic E-state index is 6.17. The van der Waals surface area contributed by atoms with Crippen LogP contribution < -0.4 is 4.90 Å². The van der Waals surface area contributed by atoms with E-state index >= 15 is 0 Å². The highest BCUT2D eigenvalue weighted by Gasteiger charge is 2.37. The molecule has 1 saturated heterocycles. The summed E-state index contributed by atoms with van der Waals surface area (Å²) in [5.74, 6) is 1.00. The molecule has 3 nitrogen and oxygen atoms in total. The van der Waals surface area contributed by atoms with Crippen LogP contribution in [0.5, 0.6) is 0 Å². The van der Waals surface area contributed by atoms with Crippen LogP contribution in [-0.4, -0.2) is 23.3 Å². The van der Waals surface area contributed by atoms with Gasteiger partial charge in [0, 0.05) is 23.9 Å². The Bertz CT molecular complexity index is 654. The van der Waals surface area contributed by atoms with E-state index < -0.39 is 0 Å². The third kappa shape index (κ3) is 2.28. The first-order valence-electron chi connectivity index (χ1n) is 7.93. The molecule has 0 radical (unpaired) electrons. The lowest BCUT2D eigenvalue weighted by molar-refractivity contribution is 0.226. The largest absolute Gasteiger partial charge is 0.355 e. The van der Waals surface area contributed by atoms with E-state index in [1.54, 1.807) is 0 Å². The van der Waals surface area contributed by atoms with E-state index in [0.29, 0.717) is 10.6 Å². The zero-order valence-electron chi connectivity index (χ0n) is 12.2. The van der Waals surface area contributed by atoms with Gasteiger partial charge in [-0.05, 0) is 31.1 Å². The van der Waals surface area contributed by atoms with Gasteiger partial charge in [0.15, 0.2) is 11.0 Å². The van der Waals surface area contributed by atoms with Crippen molar-refractivity contribution in [2.75, 3.05) is 18.0 Å². The number of halogens is 1. The van der Waals surface area contributed by atoms with Crippen molar-refractivity contribution < 1.29 is 0 Å². The molecule has 4 rings (SSSR count). The van der Waals surface area contributed by atoms with Crippen molar-refractivity contribution in [3.05, 3.63) is 29.4 Å². The molecule has 1 saturated carbocycles. The summed E-state index contributed by atoms with van der Waals surface area (Å²) in [6.45, 7) is 2.20. The lowest BCUT2D eigenvalue weighted by Gasteiger charge is -2.40. The number of anilines is 1. The minimum absolute atomic E-state index is 0.499. The molecular weight excluding hydrogens is 282 g/mol. The SMILES string of the molecule is Clc1nnc(N2CCC3(CCCC3)CC2)c2ccccc12. The summed E-state index contributed by atoms with van der Waals surface area (Å²) >= 11 is 6.17. The van der Waals surface area contributed by atoms with E-state index in [4.69, 9.17) is 11.6 Å². The number of nitrogens with zero attached hydrogens (tertiary/aromatic N) is 3. The van der Waals surface area contributed by atoms with Gasteiger partial charge in [-0.25, -0.2) is 0 Å². The van der Waals surface area contributed by atoms with Crippen LogP contribution in [0, 0.1) is 5.41 Å². The predicted octanol–water partition coefficient (Wildman–Crippen LogP) is 4.44. The van der Waals surface area contributed by atoms with Gasteiger partial charge in [-0.1, -0.05) is 48.7 Å². The Kier molecular flexibility index (Phi) is 3.26. The van der Waals surface area contributed by atoms with Gasteiger partial charge in [-0.2, -0.15) is 0 Å². The fourth-order valence-corrected chi connectivity index (χ4v) is 4.31. The molecule has 1 aromatic heterocycles. The second kappa shape index (κ2) is 5.13. The summed E-state index contributed by atoms with van der Waals surface area (Å²) in [5, 5.41) is 11.2. The molecule has 0 unspecified atom stereocenters. The quantitative estimate of drug-likeness (QED) is 0.779. The average molecular weight is 302 g/mol. The molecule has 1 aliphatic carbocycles. The Morgan fingerprint density at radius 3 is 2.29 bits per heavy atom. The van der Waals surface area contributed by atoms with Crippen LogP contribution in [0.4, 0.5) is 5.82 Å². The molecular formula is C17H20ClN3. The Balaban J connectivity index is 1.64. The summed E-state index contributed by atoms with van der Waals surface area (Å²) in [4.78, 5) is 2.40. The van der Waals surface area contributed by atoms with Crippen LogP contribution in [-0.2, 0) is 0 Å². The smallest absolute Gasteiger partial charge is 0.159 e. The molecule has 1 aromatic carbocycles. The van der Waals surface area contributed by atoms with Crippen LogP contribution in [0.15, 0.2) is 24.3 Å². The van der Waals surface area contributed by atoms with Crippen molar-refractivity contribution in [1.82, 2.24) is 10.2 Å². The van der Waals surface area contributed by atoms with Gasteiger partial charge in [-0.3, -0.25) is 0 Å². The molecule has 0 N–H and O–H groups in total. The zero-order chi connectivity index (χ0) is 14.3. The molecule has 0 bridgehead atoms. The molecule has 2 aliphatic rings. The fourth-order valence-electron chi connectivity index (χ4n) is 4.11. The van der Waals surface area contributed by atoms with Crippen LogP contribution in [0.2, 0.25) is 5.15 Å². The number of fused-ring (bicyclic) bond motifs is 1. The predicted molar refractivity (Wildman–Crippen MR) is 86.9 cm³/mol. The summed E-state index contributed by atoms with van der Waals surface area (Å²) in [6, 6.07) is 8.18. The molecule has 110 valence electrons. The van der Waals surface area contributed by atoms with Crippen molar-refractivity contribution in [2.45, 2.75) is 38.5 Å². The van der Waals surface area contributed by atoms with E-state index in [1.165, 1.54) is 38.5 Å². The Morgan fingerprint density at radius 2 is 1.57 bits per heavy atom. The van der Waals surface area contributed by atoms with Gasteiger partial charge in [0.25, 0.3) is 0 Å². The van der Waals surface area contributed by atoms with Crippen molar-refractivity contribution in [3.8, 4) is 0 Å². The molecule has 0 amide bonds. The van der Waals surface area contributed by atoms with Crippen molar-refractivity contribution >= 4 is 28.2 Å². The standard InChI is InChI=1S/C17H20ClN3/c18-15-13-5-1-2-6-14(13)16(20-19-15)21-11-9-17(10-12-21)7-3-4-8-17/h1-2,5-6H,3-4,7-12H2. The van der Waals surface area contributed by atoms with Crippen molar-refractivity contribution in [2.24, 2.45) is 5.41 Å². The van der Waals surface area contributed by atoms with Gasteiger partial charge in [0.2, 0.25) is 0 Å². The van der Waals surface area contributed by atoms with E-state index in [1.807, 2.05) is 18.2 Å².